The molecule has 0 aromatic heterocycles. The Labute approximate surface area is 167 Å². The number of aliphatic imine (C=N–C) groups is 1. The highest BCUT2D eigenvalue weighted by Gasteiger charge is 2.23. The predicted octanol–water partition coefficient (Wildman–Crippen LogP) is 2.15. The third-order valence-electron chi connectivity index (χ3n) is 4.26. The number of rotatable bonds is 6. The Morgan fingerprint density at radius 2 is 2.20 bits per heavy atom. The minimum atomic E-state index is -0.226. The molecule has 0 bridgehead atoms. The van der Waals surface area contributed by atoms with E-state index in [9.17, 15) is 4.79 Å². The highest BCUT2D eigenvalue weighted by molar-refractivity contribution is 14.0. The van der Waals surface area contributed by atoms with Gasteiger partial charge >= 0.3 is 0 Å². The van der Waals surface area contributed by atoms with Gasteiger partial charge < -0.3 is 20.7 Å². The van der Waals surface area contributed by atoms with E-state index >= 15 is 0 Å². The number of likely N-dealkylation sites (tertiary alicyclic amines) is 1. The van der Waals surface area contributed by atoms with Crippen LogP contribution in [0.2, 0.25) is 0 Å². The van der Waals surface area contributed by atoms with Gasteiger partial charge in [0.25, 0.3) is 0 Å². The number of ether oxygens (including phenoxy) is 1. The number of nitrogens with one attached hydrogen (secondary N) is 1. The first-order valence-corrected chi connectivity index (χ1v) is 8.52. The van der Waals surface area contributed by atoms with Crippen molar-refractivity contribution in [3.8, 4) is 5.75 Å². The third-order valence-corrected chi connectivity index (χ3v) is 4.26. The van der Waals surface area contributed by atoms with Gasteiger partial charge in [-0.05, 0) is 37.3 Å². The van der Waals surface area contributed by atoms with Crippen molar-refractivity contribution < 1.29 is 9.53 Å². The van der Waals surface area contributed by atoms with E-state index < -0.39 is 0 Å². The van der Waals surface area contributed by atoms with Crippen molar-refractivity contribution in [1.82, 2.24) is 10.2 Å². The first kappa shape index (κ1) is 21.5. The molecule has 1 amide bonds. The van der Waals surface area contributed by atoms with Crippen molar-refractivity contribution in [2.75, 3.05) is 33.3 Å². The maximum atomic E-state index is 11.1. The number of hydrogen-bond acceptors (Lipinski definition) is 3. The van der Waals surface area contributed by atoms with Gasteiger partial charge in [-0.15, -0.1) is 24.0 Å². The van der Waals surface area contributed by atoms with Crippen LogP contribution in [-0.4, -0.2) is 50.1 Å². The molecule has 1 aromatic rings. The van der Waals surface area contributed by atoms with Crippen LogP contribution < -0.4 is 15.8 Å². The largest absolute Gasteiger partial charge is 0.491 e. The standard InChI is InChI=1S/C18H28N4O2.HI/c1-14-6-3-4-8-16(14)24-11-9-21-18(20-2)22-10-5-7-15(13-22)12-17(19)23;/h3-4,6,8,15H,5,7,9-13H2,1-2H3,(H2,19,23)(H,20,21);1H. The van der Waals surface area contributed by atoms with Gasteiger partial charge in [0.1, 0.15) is 12.4 Å². The average molecular weight is 460 g/mol. The molecule has 7 heteroatoms. The van der Waals surface area contributed by atoms with Crippen molar-refractivity contribution in [1.29, 1.82) is 0 Å². The maximum Gasteiger partial charge on any atom is 0.217 e. The van der Waals surface area contributed by atoms with Crippen LogP contribution in [0.1, 0.15) is 24.8 Å². The Balaban J connectivity index is 0.00000312. The Morgan fingerprint density at radius 1 is 1.44 bits per heavy atom. The number of carbonyl (C=O) groups excluding carboxylic acids is 1. The van der Waals surface area contributed by atoms with E-state index in [1.807, 2.05) is 31.2 Å². The van der Waals surface area contributed by atoms with Gasteiger partial charge in [-0.1, -0.05) is 18.2 Å². The van der Waals surface area contributed by atoms with Gasteiger partial charge in [-0.2, -0.15) is 0 Å². The highest BCUT2D eigenvalue weighted by Crippen LogP contribution is 2.19. The fourth-order valence-electron chi connectivity index (χ4n) is 3.08. The summed E-state index contributed by atoms with van der Waals surface area (Å²) < 4.78 is 5.80. The molecular formula is C18H29IN4O2. The molecule has 1 heterocycles. The fourth-order valence-corrected chi connectivity index (χ4v) is 3.08. The summed E-state index contributed by atoms with van der Waals surface area (Å²) in [7, 11) is 1.78. The Morgan fingerprint density at radius 3 is 2.88 bits per heavy atom. The van der Waals surface area contributed by atoms with E-state index in [0.717, 1.165) is 43.2 Å². The Kier molecular flexibility index (Phi) is 9.62. The summed E-state index contributed by atoms with van der Waals surface area (Å²) in [6, 6.07) is 7.99. The topological polar surface area (TPSA) is 80.0 Å². The molecule has 0 aliphatic carbocycles. The van der Waals surface area contributed by atoms with Gasteiger partial charge in [0.15, 0.2) is 5.96 Å². The molecule has 1 aromatic carbocycles. The molecule has 1 aliphatic rings. The lowest BCUT2D eigenvalue weighted by molar-refractivity contribution is -0.119. The molecule has 6 nitrogen and oxygen atoms in total. The zero-order chi connectivity index (χ0) is 17.4. The molecule has 25 heavy (non-hydrogen) atoms. The van der Waals surface area contributed by atoms with Crippen LogP contribution in [0.3, 0.4) is 0 Å². The van der Waals surface area contributed by atoms with E-state index in [4.69, 9.17) is 10.5 Å². The minimum Gasteiger partial charge on any atom is -0.491 e. The summed E-state index contributed by atoms with van der Waals surface area (Å²) in [5.41, 5.74) is 6.45. The summed E-state index contributed by atoms with van der Waals surface area (Å²) in [5.74, 6) is 1.86. The van der Waals surface area contributed by atoms with Crippen molar-refractivity contribution in [2.24, 2.45) is 16.6 Å². The number of guanidine groups is 1. The van der Waals surface area contributed by atoms with Crippen molar-refractivity contribution in [3.05, 3.63) is 29.8 Å². The van der Waals surface area contributed by atoms with E-state index in [1.54, 1.807) is 7.05 Å². The number of aryl methyl sites for hydroxylation is 1. The van der Waals surface area contributed by atoms with Gasteiger partial charge in [-0.3, -0.25) is 9.79 Å². The first-order chi connectivity index (χ1) is 11.6. The van der Waals surface area contributed by atoms with Gasteiger partial charge in [-0.25, -0.2) is 0 Å². The molecule has 140 valence electrons. The van der Waals surface area contributed by atoms with Crippen LogP contribution in [-0.2, 0) is 4.79 Å². The van der Waals surface area contributed by atoms with Crippen molar-refractivity contribution in [3.63, 3.8) is 0 Å². The van der Waals surface area contributed by atoms with E-state index in [-0.39, 0.29) is 29.9 Å². The SMILES string of the molecule is CN=C(NCCOc1ccccc1C)N1CCCC(CC(N)=O)C1.I. The second kappa shape index (κ2) is 11.2. The number of carbonyl (C=O) groups is 1. The number of piperidine rings is 1. The lowest BCUT2D eigenvalue weighted by Crippen LogP contribution is -2.48. The molecule has 0 saturated carbocycles. The first-order valence-electron chi connectivity index (χ1n) is 8.52. The summed E-state index contributed by atoms with van der Waals surface area (Å²) in [5, 5.41) is 3.34. The zero-order valence-electron chi connectivity index (χ0n) is 15.0. The van der Waals surface area contributed by atoms with E-state index in [1.165, 1.54) is 0 Å². The van der Waals surface area contributed by atoms with Crippen LogP contribution in [0, 0.1) is 12.8 Å². The van der Waals surface area contributed by atoms with Crippen molar-refractivity contribution in [2.45, 2.75) is 26.2 Å². The number of benzene rings is 1. The lowest BCUT2D eigenvalue weighted by Gasteiger charge is -2.34. The molecule has 1 fully saturated rings. The molecule has 0 spiro atoms. The molecule has 0 radical (unpaired) electrons. The number of nitrogens with zero attached hydrogens (tertiary/aromatic N) is 2. The molecule has 1 aliphatic heterocycles. The van der Waals surface area contributed by atoms with Gasteiger partial charge in [0, 0.05) is 26.6 Å². The number of para-hydroxylation sites is 1. The number of primary amides is 1. The summed E-state index contributed by atoms with van der Waals surface area (Å²) in [4.78, 5) is 17.7. The second-order valence-electron chi connectivity index (χ2n) is 6.21. The van der Waals surface area contributed by atoms with Crippen LogP contribution in [0.5, 0.6) is 5.75 Å². The molecule has 1 saturated heterocycles. The molecular weight excluding hydrogens is 431 g/mol. The summed E-state index contributed by atoms with van der Waals surface area (Å²) in [6.45, 7) is 5.06. The zero-order valence-corrected chi connectivity index (χ0v) is 17.4. The summed E-state index contributed by atoms with van der Waals surface area (Å²) >= 11 is 0. The molecule has 1 atom stereocenters. The molecule has 2 rings (SSSR count). The second-order valence-corrected chi connectivity index (χ2v) is 6.21. The Bertz CT molecular complexity index is 580. The van der Waals surface area contributed by atoms with Crippen LogP contribution in [0.4, 0.5) is 0 Å². The molecule has 3 N–H and O–H groups in total. The quantitative estimate of drug-likeness (QED) is 0.295. The normalized spacial score (nSPS) is 17.6. The van der Waals surface area contributed by atoms with Crippen LogP contribution in [0.15, 0.2) is 29.3 Å². The lowest BCUT2D eigenvalue weighted by atomic mass is 9.95. The fraction of sp³-hybridized carbons (Fsp3) is 0.556. The maximum absolute atomic E-state index is 11.1. The predicted molar refractivity (Wildman–Crippen MR) is 112 cm³/mol. The minimum absolute atomic E-state index is 0. The van der Waals surface area contributed by atoms with Gasteiger partial charge in [0.2, 0.25) is 5.91 Å². The average Bonchev–Trinajstić information content (AvgIpc) is 2.56. The summed E-state index contributed by atoms with van der Waals surface area (Å²) in [6.07, 6.45) is 2.55. The Hall–Kier alpha value is -1.51. The van der Waals surface area contributed by atoms with Crippen LogP contribution in [0.25, 0.3) is 0 Å². The number of hydrogen-bond donors (Lipinski definition) is 2. The van der Waals surface area contributed by atoms with E-state index in [2.05, 4.69) is 15.2 Å². The van der Waals surface area contributed by atoms with Crippen molar-refractivity contribution >= 4 is 35.8 Å². The highest BCUT2D eigenvalue weighted by atomic mass is 127. The van der Waals surface area contributed by atoms with E-state index in [0.29, 0.717) is 25.5 Å². The number of nitrogens with two attached hydrogens (primary N) is 1. The van der Waals surface area contributed by atoms with Gasteiger partial charge in [0.05, 0.1) is 6.54 Å². The molecule has 1 unspecified atom stereocenters. The number of halogens is 1. The smallest absolute Gasteiger partial charge is 0.217 e. The number of amides is 1. The monoisotopic (exact) mass is 460 g/mol. The van der Waals surface area contributed by atoms with Crippen LogP contribution >= 0.6 is 24.0 Å². The third kappa shape index (κ3) is 7.09.